The molecule has 0 aliphatic heterocycles. The highest BCUT2D eigenvalue weighted by Crippen LogP contribution is 2.23. The standard InChI is InChI=1S/C14H22BrNO3/c1-16-12(10-19-7-6-17-2)8-11-9-13(18-3)4-5-14(11)15/h4-5,9,12,16H,6-8,10H2,1-3H3. The van der Waals surface area contributed by atoms with Crippen LogP contribution >= 0.6 is 15.9 Å². The van der Waals surface area contributed by atoms with E-state index in [1.807, 2.05) is 25.2 Å². The Morgan fingerprint density at radius 2 is 2.05 bits per heavy atom. The fraction of sp³-hybridized carbons (Fsp3) is 0.571. The smallest absolute Gasteiger partial charge is 0.119 e. The van der Waals surface area contributed by atoms with Crippen LogP contribution in [0.3, 0.4) is 0 Å². The number of nitrogens with one attached hydrogen (secondary N) is 1. The topological polar surface area (TPSA) is 39.7 Å². The van der Waals surface area contributed by atoms with E-state index >= 15 is 0 Å². The van der Waals surface area contributed by atoms with Crippen molar-refractivity contribution in [3.8, 4) is 5.75 Å². The van der Waals surface area contributed by atoms with Crippen LogP contribution in [0, 0.1) is 0 Å². The van der Waals surface area contributed by atoms with Crippen molar-refractivity contribution in [2.45, 2.75) is 12.5 Å². The summed E-state index contributed by atoms with van der Waals surface area (Å²) in [5.74, 6) is 0.869. The highest BCUT2D eigenvalue weighted by atomic mass is 79.9. The van der Waals surface area contributed by atoms with Crippen molar-refractivity contribution < 1.29 is 14.2 Å². The van der Waals surface area contributed by atoms with E-state index in [0.717, 1.165) is 16.6 Å². The van der Waals surface area contributed by atoms with Gasteiger partial charge in [-0.3, -0.25) is 0 Å². The van der Waals surface area contributed by atoms with Gasteiger partial charge in [-0.25, -0.2) is 0 Å². The molecule has 108 valence electrons. The first kappa shape index (κ1) is 16.4. The molecule has 1 aromatic carbocycles. The van der Waals surface area contributed by atoms with Crippen molar-refractivity contribution in [2.24, 2.45) is 0 Å². The molecule has 0 bridgehead atoms. The number of benzene rings is 1. The Kier molecular flexibility index (Phi) is 8.05. The molecule has 0 aliphatic carbocycles. The number of methoxy groups -OCH3 is 2. The molecule has 0 saturated carbocycles. The Morgan fingerprint density at radius 3 is 2.68 bits per heavy atom. The summed E-state index contributed by atoms with van der Waals surface area (Å²) in [6.45, 7) is 1.90. The number of rotatable bonds is 9. The molecule has 0 amide bonds. The predicted molar refractivity (Wildman–Crippen MR) is 79.9 cm³/mol. The maximum atomic E-state index is 5.56. The minimum absolute atomic E-state index is 0.264. The maximum absolute atomic E-state index is 5.56. The van der Waals surface area contributed by atoms with Crippen LogP contribution in [-0.4, -0.2) is 47.1 Å². The van der Waals surface area contributed by atoms with Crippen molar-refractivity contribution in [2.75, 3.05) is 41.1 Å². The van der Waals surface area contributed by atoms with Crippen molar-refractivity contribution >= 4 is 15.9 Å². The van der Waals surface area contributed by atoms with E-state index in [4.69, 9.17) is 14.2 Å². The zero-order valence-corrected chi connectivity index (χ0v) is 13.3. The van der Waals surface area contributed by atoms with Crippen LogP contribution in [0.5, 0.6) is 5.75 Å². The summed E-state index contributed by atoms with van der Waals surface area (Å²) in [5.41, 5.74) is 1.20. The molecule has 0 heterocycles. The van der Waals surface area contributed by atoms with Crippen LogP contribution in [0.4, 0.5) is 0 Å². The maximum Gasteiger partial charge on any atom is 0.119 e. The van der Waals surface area contributed by atoms with E-state index in [1.54, 1.807) is 14.2 Å². The molecular weight excluding hydrogens is 310 g/mol. The molecular formula is C14H22BrNO3. The van der Waals surface area contributed by atoms with Gasteiger partial charge in [0.25, 0.3) is 0 Å². The number of likely N-dealkylation sites (N-methyl/N-ethyl adjacent to an activating group) is 1. The Labute approximate surface area is 123 Å². The first-order valence-corrected chi connectivity index (χ1v) is 7.07. The van der Waals surface area contributed by atoms with E-state index in [-0.39, 0.29) is 6.04 Å². The molecule has 1 atom stereocenters. The van der Waals surface area contributed by atoms with E-state index < -0.39 is 0 Å². The van der Waals surface area contributed by atoms with Gasteiger partial charge in [-0.05, 0) is 37.2 Å². The van der Waals surface area contributed by atoms with E-state index in [1.165, 1.54) is 5.56 Å². The largest absolute Gasteiger partial charge is 0.497 e. The second-order valence-corrected chi connectivity index (χ2v) is 5.07. The number of halogens is 1. The van der Waals surface area contributed by atoms with Crippen LogP contribution in [0.25, 0.3) is 0 Å². The second-order valence-electron chi connectivity index (χ2n) is 4.21. The normalized spacial score (nSPS) is 12.4. The minimum Gasteiger partial charge on any atom is -0.497 e. The Bertz CT molecular complexity index is 374. The average molecular weight is 332 g/mol. The molecule has 0 spiro atoms. The van der Waals surface area contributed by atoms with Gasteiger partial charge >= 0.3 is 0 Å². The van der Waals surface area contributed by atoms with Crippen LogP contribution in [0.15, 0.2) is 22.7 Å². The fourth-order valence-electron chi connectivity index (χ4n) is 1.71. The van der Waals surface area contributed by atoms with Gasteiger partial charge in [0, 0.05) is 17.6 Å². The predicted octanol–water partition coefficient (Wildman–Crippen LogP) is 2.25. The third kappa shape index (κ3) is 5.91. The van der Waals surface area contributed by atoms with Crippen molar-refractivity contribution in [3.63, 3.8) is 0 Å². The van der Waals surface area contributed by atoms with Gasteiger partial charge in [0.1, 0.15) is 5.75 Å². The fourth-order valence-corrected chi connectivity index (χ4v) is 2.12. The Balaban J connectivity index is 2.54. The summed E-state index contributed by atoms with van der Waals surface area (Å²) in [6.07, 6.45) is 0.876. The Hall–Kier alpha value is -0.620. The molecule has 4 nitrogen and oxygen atoms in total. The molecule has 1 N–H and O–H groups in total. The quantitative estimate of drug-likeness (QED) is 0.704. The van der Waals surface area contributed by atoms with Crippen molar-refractivity contribution in [3.05, 3.63) is 28.2 Å². The van der Waals surface area contributed by atoms with Crippen molar-refractivity contribution in [1.82, 2.24) is 5.32 Å². The van der Waals surface area contributed by atoms with E-state index in [9.17, 15) is 0 Å². The van der Waals surface area contributed by atoms with Crippen LogP contribution in [-0.2, 0) is 15.9 Å². The van der Waals surface area contributed by atoms with Crippen LogP contribution in [0.2, 0.25) is 0 Å². The SMILES string of the molecule is CNC(COCCOC)Cc1cc(OC)ccc1Br. The van der Waals surface area contributed by atoms with E-state index in [0.29, 0.717) is 19.8 Å². The lowest BCUT2D eigenvalue weighted by atomic mass is 10.1. The highest BCUT2D eigenvalue weighted by molar-refractivity contribution is 9.10. The van der Waals surface area contributed by atoms with Crippen LogP contribution < -0.4 is 10.1 Å². The molecule has 19 heavy (non-hydrogen) atoms. The zero-order chi connectivity index (χ0) is 14.1. The number of hydrogen-bond donors (Lipinski definition) is 1. The van der Waals surface area contributed by atoms with Gasteiger partial charge in [-0.1, -0.05) is 15.9 Å². The van der Waals surface area contributed by atoms with Gasteiger partial charge in [0.05, 0.1) is 26.9 Å². The third-order valence-electron chi connectivity index (χ3n) is 2.88. The lowest BCUT2D eigenvalue weighted by Crippen LogP contribution is -2.33. The summed E-state index contributed by atoms with van der Waals surface area (Å²) in [7, 11) is 5.29. The average Bonchev–Trinajstić information content (AvgIpc) is 2.44. The van der Waals surface area contributed by atoms with E-state index in [2.05, 4.69) is 21.2 Å². The van der Waals surface area contributed by atoms with Gasteiger partial charge in [0.2, 0.25) is 0 Å². The highest BCUT2D eigenvalue weighted by Gasteiger charge is 2.11. The molecule has 0 radical (unpaired) electrons. The van der Waals surface area contributed by atoms with Crippen LogP contribution in [0.1, 0.15) is 5.56 Å². The summed E-state index contributed by atoms with van der Waals surface area (Å²) in [4.78, 5) is 0. The van der Waals surface area contributed by atoms with Gasteiger partial charge in [-0.2, -0.15) is 0 Å². The molecule has 0 fully saturated rings. The summed E-state index contributed by atoms with van der Waals surface area (Å²) in [6, 6.07) is 6.26. The second kappa shape index (κ2) is 9.31. The first-order valence-electron chi connectivity index (χ1n) is 6.27. The zero-order valence-electron chi connectivity index (χ0n) is 11.7. The summed E-state index contributed by atoms with van der Waals surface area (Å²) >= 11 is 3.57. The third-order valence-corrected chi connectivity index (χ3v) is 3.65. The summed E-state index contributed by atoms with van der Waals surface area (Å²) < 4.78 is 16.9. The van der Waals surface area contributed by atoms with Gasteiger partial charge < -0.3 is 19.5 Å². The van der Waals surface area contributed by atoms with Gasteiger partial charge in [-0.15, -0.1) is 0 Å². The molecule has 1 rings (SSSR count). The molecule has 0 saturated heterocycles. The molecule has 1 unspecified atom stereocenters. The molecule has 5 heteroatoms. The molecule has 1 aromatic rings. The lowest BCUT2D eigenvalue weighted by Gasteiger charge is -2.17. The van der Waals surface area contributed by atoms with Crippen molar-refractivity contribution in [1.29, 1.82) is 0 Å². The monoisotopic (exact) mass is 331 g/mol. The Morgan fingerprint density at radius 1 is 1.26 bits per heavy atom. The first-order chi connectivity index (χ1) is 9.21. The molecule has 0 aromatic heterocycles. The molecule has 0 aliphatic rings. The number of ether oxygens (including phenoxy) is 3. The summed E-state index contributed by atoms with van der Waals surface area (Å²) in [5, 5.41) is 3.26. The lowest BCUT2D eigenvalue weighted by molar-refractivity contribution is 0.0597. The number of hydrogen-bond acceptors (Lipinski definition) is 4. The van der Waals surface area contributed by atoms with Gasteiger partial charge in [0.15, 0.2) is 0 Å². The minimum atomic E-state index is 0.264.